The third-order valence-electron chi connectivity index (χ3n) is 7.24. The molecule has 1 aromatic carbocycles. The molecule has 0 heterocycles. The van der Waals surface area contributed by atoms with Gasteiger partial charge in [0.1, 0.15) is 22.8 Å². The number of Topliss-reactive ketones (excluding diaryl/α,β-unsaturated/α-hetero) is 2. The summed E-state index contributed by atoms with van der Waals surface area (Å²) in [5.41, 5.74) is 1.91. The summed E-state index contributed by atoms with van der Waals surface area (Å²) in [6, 6.07) is 1.48. The molecule has 11 nitrogen and oxygen atoms in total. The zero-order valence-corrected chi connectivity index (χ0v) is 19.7. The van der Waals surface area contributed by atoms with E-state index < -0.39 is 58.0 Å². The number of aromatic hydroxyl groups is 1. The van der Waals surface area contributed by atoms with Crippen molar-refractivity contribution in [2.75, 3.05) is 28.2 Å². The molecule has 1 fully saturated rings. The molecule has 1 aromatic rings. The topological polar surface area (TPSA) is 182 Å². The molecule has 1 saturated carbocycles. The Morgan fingerprint density at radius 1 is 1.09 bits per heavy atom. The number of rotatable bonds is 3. The minimum Gasteiger partial charge on any atom is -0.508 e. The van der Waals surface area contributed by atoms with E-state index in [0.717, 1.165) is 0 Å². The van der Waals surface area contributed by atoms with Crippen molar-refractivity contribution in [2.24, 2.45) is 17.6 Å². The number of carbonyl (C=O) groups excluding carboxylic acids is 4. The Kier molecular flexibility index (Phi) is 5.53. The predicted molar refractivity (Wildman–Crippen MR) is 122 cm³/mol. The van der Waals surface area contributed by atoms with Gasteiger partial charge in [0.2, 0.25) is 5.78 Å². The van der Waals surface area contributed by atoms with Gasteiger partial charge in [0.05, 0.1) is 11.6 Å². The minimum absolute atomic E-state index is 0.0446. The number of aliphatic hydroxyl groups is 3. The van der Waals surface area contributed by atoms with Gasteiger partial charge in [0, 0.05) is 31.1 Å². The number of amides is 2. The summed E-state index contributed by atoms with van der Waals surface area (Å²) in [4.78, 5) is 54.3. The van der Waals surface area contributed by atoms with Crippen molar-refractivity contribution in [1.82, 2.24) is 9.80 Å². The highest BCUT2D eigenvalue weighted by Gasteiger charge is 2.64. The first-order valence-corrected chi connectivity index (χ1v) is 11.0. The lowest BCUT2D eigenvalue weighted by atomic mass is 9.57. The Hall–Kier alpha value is -3.70. The summed E-state index contributed by atoms with van der Waals surface area (Å²) < 4.78 is 0. The number of fused-ring (bicyclic) bond motifs is 3. The number of nitrogens with zero attached hydrogens (tertiary/aromatic N) is 2. The van der Waals surface area contributed by atoms with E-state index in [2.05, 4.69) is 0 Å². The molecule has 0 saturated heterocycles. The molecule has 0 aliphatic heterocycles. The van der Waals surface area contributed by atoms with Crippen LogP contribution in [0.25, 0.3) is 5.76 Å². The van der Waals surface area contributed by atoms with E-state index in [1.54, 1.807) is 14.1 Å². The van der Waals surface area contributed by atoms with Crippen LogP contribution in [-0.4, -0.2) is 93.4 Å². The molecule has 0 radical (unpaired) electrons. The van der Waals surface area contributed by atoms with E-state index in [9.17, 15) is 39.6 Å². The van der Waals surface area contributed by atoms with Gasteiger partial charge in [-0.1, -0.05) is 0 Å². The van der Waals surface area contributed by atoms with E-state index in [1.807, 2.05) is 0 Å². The average molecular weight is 485 g/mol. The van der Waals surface area contributed by atoms with Crippen LogP contribution in [0.5, 0.6) is 5.75 Å². The van der Waals surface area contributed by atoms with Crippen molar-refractivity contribution in [3.05, 3.63) is 45.7 Å². The highest BCUT2D eigenvalue weighted by molar-refractivity contribution is 6.24. The maximum atomic E-state index is 13.7. The molecular formula is C24H27N3O8. The molecule has 11 heteroatoms. The highest BCUT2D eigenvalue weighted by atomic mass is 16.3. The standard InChI is InChI=1S/C24H27N3O8/c1-26(2)17-12-8-9-7-11-10(23(34)27(3)4)5-6-13(28)15(11)18(29)14(9)20(31)24(12,35)21(32)16(19(17)30)22(25)33/h5-6,9,12,17,28-29,32,35H,7-8H2,1-4H3,(H2,25,33). The smallest absolute Gasteiger partial charge is 0.255 e. The largest absolute Gasteiger partial charge is 0.508 e. The number of phenols is 1. The zero-order chi connectivity index (χ0) is 26.1. The molecule has 4 rings (SSSR count). The Bertz CT molecular complexity index is 1260. The number of likely N-dealkylation sites (N-methyl/N-ethyl adjacent to an activating group) is 1. The molecule has 35 heavy (non-hydrogen) atoms. The summed E-state index contributed by atoms with van der Waals surface area (Å²) in [5.74, 6) is -7.65. The van der Waals surface area contributed by atoms with Crippen molar-refractivity contribution in [2.45, 2.75) is 24.5 Å². The quantitative estimate of drug-likeness (QED) is 0.358. The molecule has 3 aliphatic rings. The van der Waals surface area contributed by atoms with Crippen molar-refractivity contribution in [3.63, 3.8) is 0 Å². The van der Waals surface area contributed by atoms with Crippen LogP contribution in [0, 0.1) is 11.8 Å². The van der Waals surface area contributed by atoms with Gasteiger partial charge in [-0.3, -0.25) is 24.1 Å². The first-order valence-electron chi connectivity index (χ1n) is 11.0. The van der Waals surface area contributed by atoms with Gasteiger partial charge >= 0.3 is 0 Å². The van der Waals surface area contributed by atoms with Crippen LogP contribution in [0.4, 0.5) is 0 Å². The number of nitrogens with two attached hydrogens (primary N) is 1. The second-order valence-electron chi connectivity index (χ2n) is 9.65. The van der Waals surface area contributed by atoms with Gasteiger partial charge in [-0.05, 0) is 50.6 Å². The number of primary amides is 1. The molecule has 0 spiro atoms. The van der Waals surface area contributed by atoms with Gasteiger partial charge in [-0.25, -0.2) is 0 Å². The van der Waals surface area contributed by atoms with E-state index in [-0.39, 0.29) is 41.2 Å². The van der Waals surface area contributed by atoms with Crippen LogP contribution < -0.4 is 5.73 Å². The fourth-order valence-electron chi connectivity index (χ4n) is 5.69. The predicted octanol–water partition coefficient (Wildman–Crippen LogP) is -0.334. The zero-order valence-electron chi connectivity index (χ0n) is 19.7. The molecule has 6 N–H and O–H groups in total. The summed E-state index contributed by atoms with van der Waals surface area (Å²) in [5, 5.41) is 44.0. The highest BCUT2D eigenvalue weighted by Crippen LogP contribution is 2.52. The SMILES string of the molecule is CN(C)C(=O)c1ccc(O)c2c1CC1CC3C(N(C)C)C(=O)C(C(N)=O)=C(O)C3(O)C(=O)C1=C2O. The second-order valence-corrected chi connectivity index (χ2v) is 9.65. The van der Waals surface area contributed by atoms with Crippen LogP contribution in [0.15, 0.2) is 29.0 Å². The number of phenolic OH excluding ortho intramolecular Hbond substituents is 1. The molecule has 3 aliphatic carbocycles. The van der Waals surface area contributed by atoms with Crippen LogP contribution in [-0.2, 0) is 20.8 Å². The molecule has 0 bridgehead atoms. The number of carbonyl (C=O) groups is 4. The normalized spacial score (nSPS) is 28.0. The van der Waals surface area contributed by atoms with Crippen LogP contribution in [0.2, 0.25) is 0 Å². The minimum atomic E-state index is -2.70. The molecule has 0 aromatic heterocycles. The van der Waals surface area contributed by atoms with Gasteiger partial charge < -0.3 is 31.1 Å². The third kappa shape index (κ3) is 3.18. The fourth-order valence-corrected chi connectivity index (χ4v) is 5.69. The lowest BCUT2D eigenvalue weighted by molar-refractivity contribution is -0.153. The number of aliphatic hydroxyl groups excluding tert-OH is 2. The summed E-state index contributed by atoms with van der Waals surface area (Å²) >= 11 is 0. The molecule has 186 valence electrons. The van der Waals surface area contributed by atoms with E-state index in [4.69, 9.17) is 5.73 Å². The Morgan fingerprint density at radius 2 is 1.71 bits per heavy atom. The van der Waals surface area contributed by atoms with E-state index in [1.165, 1.54) is 36.0 Å². The maximum Gasteiger partial charge on any atom is 0.255 e. The maximum absolute atomic E-state index is 13.7. The van der Waals surface area contributed by atoms with E-state index >= 15 is 0 Å². The van der Waals surface area contributed by atoms with Gasteiger partial charge in [-0.2, -0.15) is 0 Å². The first-order chi connectivity index (χ1) is 16.2. The molecule has 4 atom stereocenters. The monoisotopic (exact) mass is 485 g/mol. The summed E-state index contributed by atoms with van der Waals surface area (Å²) in [6.45, 7) is 0. The van der Waals surface area contributed by atoms with Crippen molar-refractivity contribution >= 4 is 29.1 Å². The van der Waals surface area contributed by atoms with Crippen LogP contribution >= 0.6 is 0 Å². The van der Waals surface area contributed by atoms with Gasteiger partial charge in [0.25, 0.3) is 11.8 Å². The van der Waals surface area contributed by atoms with Crippen molar-refractivity contribution in [3.8, 4) is 5.75 Å². The fraction of sp³-hybridized carbons (Fsp3) is 0.417. The lowest BCUT2D eigenvalue weighted by Crippen LogP contribution is -2.65. The van der Waals surface area contributed by atoms with E-state index in [0.29, 0.717) is 5.56 Å². The van der Waals surface area contributed by atoms with Crippen molar-refractivity contribution < 1.29 is 39.6 Å². The van der Waals surface area contributed by atoms with Crippen LogP contribution in [0.1, 0.15) is 27.9 Å². The molecule has 2 amide bonds. The van der Waals surface area contributed by atoms with Crippen molar-refractivity contribution in [1.29, 1.82) is 0 Å². The number of hydrogen-bond acceptors (Lipinski definition) is 9. The van der Waals surface area contributed by atoms with Gasteiger partial charge in [0.15, 0.2) is 11.4 Å². The third-order valence-corrected chi connectivity index (χ3v) is 7.24. The Balaban J connectivity index is 1.98. The molecule has 4 unspecified atom stereocenters. The number of ketones is 2. The van der Waals surface area contributed by atoms with Gasteiger partial charge in [-0.15, -0.1) is 0 Å². The first kappa shape index (κ1) is 24.4. The Morgan fingerprint density at radius 3 is 2.26 bits per heavy atom. The average Bonchev–Trinajstić information content (AvgIpc) is 2.75. The summed E-state index contributed by atoms with van der Waals surface area (Å²) in [6.07, 6.45) is 0.00879. The lowest BCUT2D eigenvalue weighted by Gasteiger charge is -2.50. The summed E-state index contributed by atoms with van der Waals surface area (Å²) in [7, 11) is 6.16. The number of hydrogen-bond donors (Lipinski definition) is 5. The number of benzene rings is 1. The Labute approximate surface area is 200 Å². The second kappa shape index (κ2) is 7.92. The van der Waals surface area contributed by atoms with Crippen LogP contribution in [0.3, 0.4) is 0 Å². The molecular weight excluding hydrogens is 458 g/mol.